The van der Waals surface area contributed by atoms with Crippen LogP contribution in [0.4, 0.5) is 11.5 Å². The highest BCUT2D eigenvalue weighted by atomic mass is 35.5. The van der Waals surface area contributed by atoms with E-state index in [1.165, 1.54) is 19.6 Å². The highest BCUT2D eigenvalue weighted by molar-refractivity contribution is 6.32. The quantitative estimate of drug-likeness (QED) is 0.827. The summed E-state index contributed by atoms with van der Waals surface area (Å²) in [5, 5.41) is 3.51. The Kier molecular flexibility index (Phi) is 5.34. The van der Waals surface area contributed by atoms with Crippen LogP contribution in [0.25, 0.3) is 0 Å². The molecule has 2 rings (SSSR count). The van der Waals surface area contributed by atoms with Gasteiger partial charge in [0.1, 0.15) is 17.1 Å². The zero-order chi connectivity index (χ0) is 15.1. The van der Waals surface area contributed by atoms with Crippen molar-refractivity contribution >= 4 is 29.1 Å². The van der Waals surface area contributed by atoms with Gasteiger partial charge in [0.2, 0.25) is 0 Å². The molecule has 0 saturated heterocycles. The largest absolute Gasteiger partial charge is 0.493 e. The van der Waals surface area contributed by atoms with E-state index in [4.69, 9.17) is 16.3 Å². The molecule has 0 saturated carbocycles. The lowest BCUT2D eigenvalue weighted by Crippen LogP contribution is -2.07. The molecule has 0 aliphatic carbocycles. The summed E-state index contributed by atoms with van der Waals surface area (Å²) in [4.78, 5) is 18.8. The van der Waals surface area contributed by atoms with Crippen LogP contribution in [0, 0.1) is 0 Å². The number of anilines is 2. The number of aromatic nitrogens is 2. The van der Waals surface area contributed by atoms with Crippen molar-refractivity contribution in [3.05, 3.63) is 41.8 Å². The molecule has 1 heterocycles. The number of rotatable bonds is 6. The number of ether oxygens (including phenoxy) is 2. The van der Waals surface area contributed by atoms with Gasteiger partial charge in [-0.2, -0.15) is 0 Å². The van der Waals surface area contributed by atoms with E-state index in [1.54, 1.807) is 12.1 Å². The van der Waals surface area contributed by atoms with Crippen molar-refractivity contribution in [2.45, 2.75) is 6.42 Å². The lowest BCUT2D eigenvalue weighted by atomic mass is 10.3. The summed E-state index contributed by atoms with van der Waals surface area (Å²) in [5.74, 6) is 0.899. The summed E-state index contributed by atoms with van der Waals surface area (Å²) in [5.41, 5.74) is 0.816. The summed E-state index contributed by atoms with van der Waals surface area (Å²) in [6, 6.07) is 7.22. The maximum atomic E-state index is 11.0. The summed E-state index contributed by atoms with van der Waals surface area (Å²) >= 11 is 5.96. The molecule has 0 amide bonds. The first kappa shape index (κ1) is 15.1. The van der Waals surface area contributed by atoms with Gasteiger partial charge in [-0.3, -0.25) is 4.79 Å². The van der Waals surface area contributed by atoms with E-state index in [9.17, 15) is 4.79 Å². The van der Waals surface area contributed by atoms with Crippen LogP contribution in [0.2, 0.25) is 5.02 Å². The molecule has 0 fully saturated rings. The lowest BCUT2D eigenvalue weighted by Gasteiger charge is -2.08. The average molecular weight is 308 g/mol. The number of nitrogens with one attached hydrogen (secondary N) is 1. The first-order valence-electron chi connectivity index (χ1n) is 6.21. The molecule has 7 heteroatoms. The van der Waals surface area contributed by atoms with E-state index in [0.29, 0.717) is 16.6 Å². The van der Waals surface area contributed by atoms with Crippen molar-refractivity contribution in [2.75, 3.05) is 19.0 Å². The summed E-state index contributed by atoms with van der Waals surface area (Å²) in [6.07, 6.45) is 3.15. The number of nitrogens with zero attached hydrogens (tertiary/aromatic N) is 2. The Morgan fingerprint density at radius 3 is 2.76 bits per heavy atom. The van der Waals surface area contributed by atoms with Crippen LogP contribution in [0.1, 0.15) is 6.42 Å². The van der Waals surface area contributed by atoms with Crippen molar-refractivity contribution in [1.82, 2.24) is 9.97 Å². The van der Waals surface area contributed by atoms with Crippen LogP contribution >= 0.6 is 11.6 Å². The molecule has 2 aromatic rings. The lowest BCUT2D eigenvalue weighted by molar-refractivity contribution is -0.141. The Balaban J connectivity index is 1.90. The number of benzene rings is 1. The second-order valence-electron chi connectivity index (χ2n) is 4.04. The van der Waals surface area contributed by atoms with Gasteiger partial charge in [0, 0.05) is 5.69 Å². The topological polar surface area (TPSA) is 73.3 Å². The summed E-state index contributed by atoms with van der Waals surface area (Å²) < 4.78 is 9.96. The minimum Gasteiger partial charge on any atom is -0.493 e. The fourth-order valence-electron chi connectivity index (χ4n) is 1.53. The first-order valence-corrected chi connectivity index (χ1v) is 6.59. The van der Waals surface area contributed by atoms with E-state index in [1.807, 2.05) is 12.1 Å². The number of hydrogen-bond donors (Lipinski definition) is 1. The third-order valence-corrected chi connectivity index (χ3v) is 2.86. The molecule has 0 aliphatic rings. The molecule has 21 heavy (non-hydrogen) atoms. The smallest absolute Gasteiger partial charge is 0.308 e. The van der Waals surface area contributed by atoms with Crippen LogP contribution in [0.15, 0.2) is 36.8 Å². The number of carbonyl (C=O) groups excluding carboxylic acids is 1. The minimum atomic E-state index is -0.299. The molecule has 0 aliphatic heterocycles. The van der Waals surface area contributed by atoms with Crippen LogP contribution in [0.5, 0.6) is 5.75 Å². The van der Waals surface area contributed by atoms with Crippen molar-refractivity contribution in [2.24, 2.45) is 0 Å². The summed E-state index contributed by atoms with van der Waals surface area (Å²) in [7, 11) is 1.35. The molecule has 0 radical (unpaired) electrons. The highest BCUT2D eigenvalue weighted by Crippen LogP contribution is 2.23. The Labute approximate surface area is 127 Å². The van der Waals surface area contributed by atoms with Gasteiger partial charge in [-0.1, -0.05) is 11.6 Å². The van der Waals surface area contributed by atoms with Crippen LogP contribution in [-0.4, -0.2) is 29.7 Å². The Morgan fingerprint density at radius 2 is 2.10 bits per heavy atom. The van der Waals surface area contributed by atoms with Crippen molar-refractivity contribution in [3.63, 3.8) is 0 Å². The fourth-order valence-corrected chi connectivity index (χ4v) is 1.68. The highest BCUT2D eigenvalue weighted by Gasteiger charge is 2.03. The second kappa shape index (κ2) is 7.44. The van der Waals surface area contributed by atoms with Gasteiger partial charge in [0.25, 0.3) is 0 Å². The number of halogens is 1. The van der Waals surface area contributed by atoms with Gasteiger partial charge in [-0.25, -0.2) is 9.97 Å². The maximum Gasteiger partial charge on any atom is 0.308 e. The monoisotopic (exact) mass is 307 g/mol. The normalized spacial score (nSPS) is 10.0. The zero-order valence-electron chi connectivity index (χ0n) is 11.4. The molecular weight excluding hydrogens is 294 g/mol. The molecule has 0 spiro atoms. The van der Waals surface area contributed by atoms with Gasteiger partial charge in [0.15, 0.2) is 5.82 Å². The van der Waals surface area contributed by atoms with Crippen LogP contribution in [-0.2, 0) is 9.53 Å². The van der Waals surface area contributed by atoms with E-state index in [-0.39, 0.29) is 19.0 Å². The van der Waals surface area contributed by atoms with E-state index >= 15 is 0 Å². The van der Waals surface area contributed by atoms with Crippen LogP contribution < -0.4 is 10.1 Å². The predicted molar refractivity (Wildman–Crippen MR) is 78.9 cm³/mol. The molecule has 6 nitrogen and oxygen atoms in total. The van der Waals surface area contributed by atoms with Gasteiger partial charge in [0.05, 0.1) is 26.3 Å². The van der Waals surface area contributed by atoms with Gasteiger partial charge < -0.3 is 14.8 Å². The Hall–Kier alpha value is -2.34. The first-order chi connectivity index (χ1) is 10.2. The van der Waals surface area contributed by atoms with Crippen LogP contribution in [0.3, 0.4) is 0 Å². The predicted octanol–water partition coefficient (Wildman–Crippen LogP) is 2.82. The standard InChI is InChI=1S/C14H14ClN3O3/c1-20-13(19)6-7-21-11-4-2-10(3-5-11)18-14-12(15)8-16-9-17-14/h2-5,8-9H,6-7H2,1H3,(H,16,17,18). The SMILES string of the molecule is COC(=O)CCOc1ccc(Nc2ncncc2Cl)cc1. The molecule has 0 bridgehead atoms. The Bertz CT molecular complexity index is 605. The maximum absolute atomic E-state index is 11.0. The van der Waals surface area contributed by atoms with E-state index in [2.05, 4.69) is 20.0 Å². The number of methoxy groups -OCH3 is 1. The number of carbonyl (C=O) groups is 1. The zero-order valence-corrected chi connectivity index (χ0v) is 12.1. The molecule has 1 N–H and O–H groups in total. The average Bonchev–Trinajstić information content (AvgIpc) is 2.51. The molecular formula is C14H14ClN3O3. The molecule has 0 atom stereocenters. The number of hydrogen-bond acceptors (Lipinski definition) is 6. The van der Waals surface area contributed by atoms with Gasteiger partial charge in [-0.15, -0.1) is 0 Å². The number of esters is 1. The third-order valence-electron chi connectivity index (χ3n) is 2.59. The summed E-state index contributed by atoms with van der Waals surface area (Å²) in [6.45, 7) is 0.275. The van der Waals surface area contributed by atoms with Gasteiger partial charge >= 0.3 is 5.97 Å². The minimum absolute atomic E-state index is 0.215. The van der Waals surface area contributed by atoms with Gasteiger partial charge in [-0.05, 0) is 24.3 Å². The van der Waals surface area contributed by atoms with E-state index in [0.717, 1.165) is 5.69 Å². The molecule has 110 valence electrons. The van der Waals surface area contributed by atoms with Crippen molar-refractivity contribution in [1.29, 1.82) is 0 Å². The molecule has 1 aromatic heterocycles. The van der Waals surface area contributed by atoms with Crippen molar-refractivity contribution in [3.8, 4) is 5.75 Å². The fraction of sp³-hybridized carbons (Fsp3) is 0.214. The Morgan fingerprint density at radius 1 is 1.33 bits per heavy atom. The second-order valence-corrected chi connectivity index (χ2v) is 4.45. The van der Waals surface area contributed by atoms with Crippen molar-refractivity contribution < 1.29 is 14.3 Å². The molecule has 0 unspecified atom stereocenters. The van der Waals surface area contributed by atoms with E-state index < -0.39 is 0 Å². The third kappa shape index (κ3) is 4.61. The molecule has 1 aromatic carbocycles.